The predicted molar refractivity (Wildman–Crippen MR) is 169 cm³/mol. The maximum atomic E-state index is 15.6. The average Bonchev–Trinajstić information content (AvgIpc) is 3.65. The fourth-order valence-electron chi connectivity index (χ4n) is 8.06. The highest BCUT2D eigenvalue weighted by atomic mass is 32.2. The van der Waals surface area contributed by atoms with Crippen molar-refractivity contribution in [3.63, 3.8) is 0 Å². The van der Waals surface area contributed by atoms with E-state index >= 15 is 4.39 Å². The molecular weight excluding hydrogens is 654 g/mol. The van der Waals surface area contributed by atoms with Gasteiger partial charge in [0, 0.05) is 49.3 Å². The Balaban J connectivity index is 1.28. The first-order valence-electron chi connectivity index (χ1n) is 15.9. The Morgan fingerprint density at radius 1 is 1.25 bits per heavy atom. The summed E-state index contributed by atoms with van der Waals surface area (Å²) in [7, 11) is -3.65. The van der Waals surface area contributed by atoms with Crippen molar-refractivity contribution in [2.24, 2.45) is 0 Å². The molecule has 0 aliphatic carbocycles. The van der Waals surface area contributed by atoms with Crippen LogP contribution in [0.3, 0.4) is 0 Å². The number of rotatable bonds is 5. The molecular formula is C32H37F4N7O4S. The number of hydrogen-bond acceptors (Lipinski definition) is 9. The van der Waals surface area contributed by atoms with Gasteiger partial charge in [0.25, 0.3) is 10.2 Å². The summed E-state index contributed by atoms with van der Waals surface area (Å²) in [6, 6.07) is 0.928. The summed E-state index contributed by atoms with van der Waals surface area (Å²) >= 11 is 0. The van der Waals surface area contributed by atoms with E-state index in [2.05, 4.69) is 37.7 Å². The van der Waals surface area contributed by atoms with Crippen LogP contribution in [0.4, 0.5) is 29.1 Å². The summed E-state index contributed by atoms with van der Waals surface area (Å²) < 4.78 is 101. The van der Waals surface area contributed by atoms with Gasteiger partial charge >= 0.3 is 12.2 Å². The SMILES string of the molecule is C=C1CN2CCC[C@@]2(COc2nc3c(c(N4CCC[C@]5(CNS(=O)(=O)N5)C4)n2)CO[C@H](c2c(F)c(N)cc(C#CC)c2C(F)(F)F)C3)C1. The number of halogens is 4. The van der Waals surface area contributed by atoms with Crippen molar-refractivity contribution >= 4 is 21.7 Å². The number of benzene rings is 1. The average molecular weight is 692 g/mol. The number of hydrogen-bond donors (Lipinski definition) is 3. The second kappa shape index (κ2) is 11.8. The minimum atomic E-state index is -4.94. The van der Waals surface area contributed by atoms with Gasteiger partial charge in [-0.25, -0.2) is 9.11 Å². The third kappa shape index (κ3) is 5.89. The molecule has 5 aliphatic rings. The third-order valence-corrected chi connectivity index (χ3v) is 11.3. The zero-order valence-corrected chi connectivity index (χ0v) is 27.3. The quantitative estimate of drug-likeness (QED) is 0.187. The maximum Gasteiger partial charge on any atom is 0.418 e. The fourth-order valence-corrected chi connectivity index (χ4v) is 9.41. The Hall–Kier alpha value is -3.49. The van der Waals surface area contributed by atoms with Gasteiger partial charge in [-0.15, -0.1) is 5.92 Å². The molecule has 6 heterocycles. The molecule has 1 spiro atoms. The fraction of sp³-hybridized carbons (Fsp3) is 0.562. The van der Waals surface area contributed by atoms with Gasteiger partial charge < -0.3 is 20.1 Å². The van der Waals surface area contributed by atoms with Crippen LogP contribution in [-0.2, 0) is 34.2 Å². The highest BCUT2D eigenvalue weighted by Crippen LogP contribution is 2.45. The van der Waals surface area contributed by atoms with Crippen molar-refractivity contribution in [1.82, 2.24) is 24.3 Å². The first kappa shape index (κ1) is 33.0. The molecule has 16 heteroatoms. The van der Waals surface area contributed by atoms with Gasteiger partial charge in [-0.3, -0.25) is 4.90 Å². The van der Waals surface area contributed by atoms with Crippen LogP contribution in [0.25, 0.3) is 0 Å². The summed E-state index contributed by atoms with van der Waals surface area (Å²) in [6.07, 6.45) is -2.58. The third-order valence-electron chi connectivity index (χ3n) is 10.1. The Morgan fingerprint density at radius 3 is 2.77 bits per heavy atom. The highest BCUT2D eigenvalue weighted by molar-refractivity contribution is 7.87. The summed E-state index contributed by atoms with van der Waals surface area (Å²) in [6.45, 7) is 8.36. The van der Waals surface area contributed by atoms with E-state index in [1.54, 1.807) is 0 Å². The molecule has 48 heavy (non-hydrogen) atoms. The van der Waals surface area contributed by atoms with Crippen LogP contribution in [0.5, 0.6) is 6.01 Å². The first-order chi connectivity index (χ1) is 22.7. The molecule has 4 N–H and O–H groups in total. The van der Waals surface area contributed by atoms with Crippen LogP contribution in [0.1, 0.15) is 73.1 Å². The van der Waals surface area contributed by atoms with Crippen LogP contribution >= 0.6 is 0 Å². The van der Waals surface area contributed by atoms with Crippen LogP contribution in [0.2, 0.25) is 0 Å². The number of nitrogens with two attached hydrogens (primary N) is 1. The van der Waals surface area contributed by atoms with E-state index < -0.39 is 56.2 Å². The largest absolute Gasteiger partial charge is 0.461 e. The second-order valence-corrected chi connectivity index (χ2v) is 14.9. The van der Waals surface area contributed by atoms with Crippen molar-refractivity contribution in [2.75, 3.05) is 50.0 Å². The molecule has 7 rings (SSSR count). The molecule has 2 aromatic rings. The van der Waals surface area contributed by atoms with Crippen LogP contribution in [0.15, 0.2) is 18.2 Å². The molecule has 0 radical (unpaired) electrons. The van der Waals surface area contributed by atoms with E-state index in [1.165, 1.54) is 6.92 Å². The van der Waals surface area contributed by atoms with Crippen molar-refractivity contribution in [2.45, 2.75) is 75.4 Å². The number of alkyl halides is 3. The van der Waals surface area contributed by atoms with Gasteiger partial charge in [0.15, 0.2) is 5.82 Å². The highest BCUT2D eigenvalue weighted by Gasteiger charge is 2.48. The normalized spacial score (nSPS) is 28.3. The first-order valence-corrected chi connectivity index (χ1v) is 17.4. The van der Waals surface area contributed by atoms with E-state index in [0.29, 0.717) is 43.1 Å². The molecule has 4 saturated heterocycles. The lowest BCUT2D eigenvalue weighted by molar-refractivity contribution is -0.140. The van der Waals surface area contributed by atoms with Gasteiger partial charge in [0.1, 0.15) is 12.4 Å². The van der Waals surface area contributed by atoms with Crippen LogP contribution in [0, 0.1) is 17.7 Å². The van der Waals surface area contributed by atoms with Gasteiger partial charge in [-0.1, -0.05) is 18.1 Å². The summed E-state index contributed by atoms with van der Waals surface area (Å²) in [5, 5.41) is 0. The Labute approximate surface area is 276 Å². The minimum Gasteiger partial charge on any atom is -0.461 e. The molecule has 0 saturated carbocycles. The topological polar surface area (TPSA) is 135 Å². The zero-order valence-electron chi connectivity index (χ0n) is 26.5. The molecule has 3 atom stereocenters. The molecule has 0 unspecified atom stereocenters. The van der Waals surface area contributed by atoms with Crippen LogP contribution < -0.4 is 24.8 Å². The van der Waals surface area contributed by atoms with Crippen molar-refractivity contribution < 1.29 is 35.5 Å². The van der Waals surface area contributed by atoms with Gasteiger partial charge in [0.2, 0.25) is 0 Å². The number of piperidine rings is 1. The maximum absolute atomic E-state index is 15.6. The number of fused-ring (bicyclic) bond motifs is 2. The molecule has 258 valence electrons. The molecule has 11 nitrogen and oxygen atoms in total. The van der Waals surface area contributed by atoms with E-state index in [4.69, 9.17) is 20.2 Å². The zero-order chi connectivity index (χ0) is 34.1. The van der Waals surface area contributed by atoms with Crippen molar-refractivity contribution in [1.29, 1.82) is 0 Å². The van der Waals surface area contributed by atoms with E-state index in [9.17, 15) is 21.6 Å². The lowest BCUT2D eigenvalue weighted by Crippen LogP contribution is -2.56. The van der Waals surface area contributed by atoms with E-state index in [1.807, 2.05) is 4.90 Å². The molecule has 1 aromatic heterocycles. The Kier molecular flexibility index (Phi) is 8.14. The molecule has 0 bridgehead atoms. The van der Waals surface area contributed by atoms with E-state index in [-0.39, 0.29) is 37.7 Å². The smallest absolute Gasteiger partial charge is 0.418 e. The van der Waals surface area contributed by atoms with Gasteiger partial charge in [-0.05, 0) is 51.6 Å². The molecule has 0 amide bonds. The van der Waals surface area contributed by atoms with Crippen molar-refractivity contribution in [3.8, 4) is 17.9 Å². The Morgan fingerprint density at radius 2 is 2.04 bits per heavy atom. The number of anilines is 2. The standard InChI is InChI=1S/C32H37F4N7O4S/c1-3-6-20-11-22(37)27(33)25(26(20)32(34,35)36)24-12-23-21(15-46-24)28(42-9-4-7-30(17-42)16-38-48(44,45)41-30)40-29(39-23)47-18-31-8-5-10-43(31)14-19(2)13-31/h11,24,38,41H,2,4-5,7-10,12-18,37H2,1H3/t24-,30-,31-/m0/s1. The lowest BCUT2D eigenvalue weighted by Gasteiger charge is -2.41. The monoisotopic (exact) mass is 691 g/mol. The Bertz CT molecular complexity index is 1850. The van der Waals surface area contributed by atoms with E-state index in [0.717, 1.165) is 44.0 Å². The summed E-state index contributed by atoms with van der Waals surface area (Å²) in [5.41, 5.74) is 3.97. The lowest BCUT2D eigenvalue weighted by atomic mass is 9.89. The number of nitrogens with one attached hydrogen (secondary N) is 2. The summed E-state index contributed by atoms with van der Waals surface area (Å²) in [4.78, 5) is 13.8. The molecule has 1 aromatic carbocycles. The number of ether oxygens (including phenoxy) is 2. The number of nitrogen functional groups attached to an aromatic ring is 1. The number of aromatic nitrogens is 2. The molecule has 5 aliphatic heterocycles. The van der Waals surface area contributed by atoms with Crippen molar-refractivity contribution in [3.05, 3.63) is 52.0 Å². The van der Waals surface area contributed by atoms with Gasteiger partial charge in [-0.2, -0.15) is 36.3 Å². The molecule has 4 fully saturated rings. The predicted octanol–water partition coefficient (Wildman–Crippen LogP) is 3.35. The second-order valence-electron chi connectivity index (χ2n) is 13.4. The summed E-state index contributed by atoms with van der Waals surface area (Å²) in [5.74, 6) is 4.09. The number of nitrogens with zero attached hydrogens (tertiary/aromatic N) is 4. The minimum absolute atomic E-state index is 0.0366. The van der Waals surface area contributed by atoms with Crippen LogP contribution in [-0.4, -0.2) is 73.7 Å². The van der Waals surface area contributed by atoms with Gasteiger partial charge in [0.05, 0.1) is 40.7 Å².